The summed E-state index contributed by atoms with van der Waals surface area (Å²) in [5.74, 6) is 0.898. The van der Waals surface area contributed by atoms with Crippen LogP contribution in [-0.4, -0.2) is 20.9 Å². The summed E-state index contributed by atoms with van der Waals surface area (Å²) in [6.45, 7) is 6.28. The molecule has 0 spiro atoms. The molecule has 0 radical (unpaired) electrons. The Labute approximate surface area is 94.3 Å². The van der Waals surface area contributed by atoms with E-state index in [9.17, 15) is 10.1 Å². The van der Waals surface area contributed by atoms with Crippen molar-refractivity contribution in [3.8, 4) is 0 Å². The van der Waals surface area contributed by atoms with E-state index >= 15 is 0 Å². The van der Waals surface area contributed by atoms with E-state index in [1.165, 1.54) is 12.4 Å². The smallest absolute Gasteiger partial charge is 0.305 e. The van der Waals surface area contributed by atoms with Crippen LogP contribution >= 0.6 is 0 Å². The van der Waals surface area contributed by atoms with Crippen molar-refractivity contribution in [1.82, 2.24) is 9.97 Å². The van der Waals surface area contributed by atoms with E-state index in [2.05, 4.69) is 36.1 Å². The van der Waals surface area contributed by atoms with Gasteiger partial charge in [-0.25, -0.2) is 9.97 Å². The van der Waals surface area contributed by atoms with Crippen LogP contribution in [0.15, 0.2) is 12.4 Å². The lowest BCUT2D eigenvalue weighted by atomic mass is 10.0. The third-order valence-corrected chi connectivity index (χ3v) is 2.41. The summed E-state index contributed by atoms with van der Waals surface area (Å²) < 4.78 is 0. The molecule has 1 atom stereocenters. The average molecular weight is 224 g/mol. The molecule has 0 aromatic carbocycles. The number of nitrogens with one attached hydrogen (secondary N) is 1. The quantitative estimate of drug-likeness (QED) is 0.612. The van der Waals surface area contributed by atoms with Gasteiger partial charge in [0.2, 0.25) is 5.95 Å². The van der Waals surface area contributed by atoms with Crippen LogP contribution < -0.4 is 5.32 Å². The van der Waals surface area contributed by atoms with Crippen molar-refractivity contribution in [2.75, 3.05) is 5.32 Å². The van der Waals surface area contributed by atoms with Gasteiger partial charge in [-0.2, -0.15) is 0 Å². The zero-order valence-electron chi connectivity index (χ0n) is 9.67. The third kappa shape index (κ3) is 3.15. The minimum atomic E-state index is -0.510. The Balaban J connectivity index is 2.71. The number of nitro groups is 1. The zero-order chi connectivity index (χ0) is 12.1. The van der Waals surface area contributed by atoms with Gasteiger partial charge in [-0.15, -0.1) is 0 Å². The number of aromatic nitrogens is 2. The normalized spacial score (nSPS) is 12.5. The Bertz CT molecular complexity index is 350. The van der Waals surface area contributed by atoms with Crippen LogP contribution in [0.4, 0.5) is 11.6 Å². The zero-order valence-corrected chi connectivity index (χ0v) is 9.67. The summed E-state index contributed by atoms with van der Waals surface area (Å²) in [5.41, 5.74) is -0.0943. The highest BCUT2D eigenvalue weighted by Crippen LogP contribution is 2.13. The van der Waals surface area contributed by atoms with Gasteiger partial charge in [-0.3, -0.25) is 10.1 Å². The molecule has 0 fully saturated rings. The van der Waals surface area contributed by atoms with Crippen molar-refractivity contribution in [3.63, 3.8) is 0 Å². The largest absolute Gasteiger partial charge is 0.351 e. The van der Waals surface area contributed by atoms with Gasteiger partial charge in [0, 0.05) is 6.04 Å². The molecule has 0 aliphatic rings. The summed E-state index contributed by atoms with van der Waals surface area (Å²) in [6.07, 6.45) is 3.38. The topological polar surface area (TPSA) is 81.0 Å². The van der Waals surface area contributed by atoms with Crippen molar-refractivity contribution in [2.24, 2.45) is 5.92 Å². The molecule has 16 heavy (non-hydrogen) atoms. The third-order valence-electron chi connectivity index (χ3n) is 2.41. The fourth-order valence-corrected chi connectivity index (χ4v) is 1.40. The van der Waals surface area contributed by atoms with E-state index < -0.39 is 4.92 Å². The van der Waals surface area contributed by atoms with Gasteiger partial charge in [0.1, 0.15) is 12.4 Å². The molecule has 1 rings (SSSR count). The van der Waals surface area contributed by atoms with Crippen LogP contribution in [0.1, 0.15) is 27.2 Å². The molecule has 1 N–H and O–H groups in total. The van der Waals surface area contributed by atoms with Crippen molar-refractivity contribution in [3.05, 3.63) is 22.5 Å². The number of hydrogen-bond acceptors (Lipinski definition) is 5. The van der Waals surface area contributed by atoms with E-state index in [1.807, 2.05) is 0 Å². The molecule has 0 amide bonds. The fourth-order valence-electron chi connectivity index (χ4n) is 1.40. The molecule has 88 valence electrons. The van der Waals surface area contributed by atoms with Crippen molar-refractivity contribution < 1.29 is 4.92 Å². The molecule has 1 unspecified atom stereocenters. The van der Waals surface area contributed by atoms with E-state index in [0.29, 0.717) is 11.9 Å². The van der Waals surface area contributed by atoms with Crippen LogP contribution in [0, 0.1) is 16.0 Å². The van der Waals surface area contributed by atoms with Gasteiger partial charge < -0.3 is 5.32 Å². The molecule has 1 aromatic heterocycles. The molecule has 0 aliphatic carbocycles. The highest BCUT2D eigenvalue weighted by molar-refractivity contribution is 5.31. The number of rotatable bonds is 5. The van der Waals surface area contributed by atoms with Gasteiger partial charge in [-0.05, 0) is 12.3 Å². The highest BCUT2D eigenvalue weighted by Gasteiger charge is 2.13. The van der Waals surface area contributed by atoms with Crippen LogP contribution in [-0.2, 0) is 0 Å². The maximum absolute atomic E-state index is 10.4. The molecular formula is C10H16N4O2. The van der Waals surface area contributed by atoms with Crippen LogP contribution in [0.2, 0.25) is 0 Å². The second-order valence-electron chi connectivity index (χ2n) is 3.93. The van der Waals surface area contributed by atoms with Crippen molar-refractivity contribution in [2.45, 2.75) is 33.2 Å². The fraction of sp³-hybridized carbons (Fsp3) is 0.600. The SMILES string of the molecule is CCC(Nc1ncc([N+](=O)[O-])cn1)C(C)C. The predicted octanol–water partition coefficient (Wildman–Crippen LogP) is 2.23. The molecule has 1 aromatic rings. The summed E-state index contributed by atoms with van der Waals surface area (Å²) in [7, 11) is 0. The Morgan fingerprint density at radius 3 is 2.38 bits per heavy atom. The Morgan fingerprint density at radius 2 is 2.00 bits per heavy atom. The first kappa shape index (κ1) is 12.4. The Morgan fingerprint density at radius 1 is 1.44 bits per heavy atom. The van der Waals surface area contributed by atoms with Crippen LogP contribution in [0.3, 0.4) is 0 Å². The van der Waals surface area contributed by atoms with Gasteiger partial charge in [-0.1, -0.05) is 20.8 Å². The Hall–Kier alpha value is -1.72. The first-order valence-electron chi connectivity index (χ1n) is 5.27. The van der Waals surface area contributed by atoms with E-state index in [-0.39, 0.29) is 11.7 Å². The summed E-state index contributed by atoms with van der Waals surface area (Å²) in [6, 6.07) is 0.279. The number of hydrogen-bond donors (Lipinski definition) is 1. The monoisotopic (exact) mass is 224 g/mol. The summed E-state index contributed by atoms with van der Waals surface area (Å²) in [4.78, 5) is 17.7. The molecule has 0 bridgehead atoms. The second-order valence-corrected chi connectivity index (χ2v) is 3.93. The number of nitrogens with zero attached hydrogens (tertiary/aromatic N) is 3. The minimum Gasteiger partial charge on any atom is -0.351 e. The van der Waals surface area contributed by atoms with E-state index in [1.54, 1.807) is 0 Å². The first-order valence-corrected chi connectivity index (χ1v) is 5.27. The van der Waals surface area contributed by atoms with Crippen molar-refractivity contribution in [1.29, 1.82) is 0 Å². The maximum atomic E-state index is 10.4. The lowest BCUT2D eigenvalue weighted by molar-refractivity contribution is -0.385. The van der Waals surface area contributed by atoms with Crippen LogP contribution in [0.25, 0.3) is 0 Å². The van der Waals surface area contributed by atoms with E-state index in [4.69, 9.17) is 0 Å². The summed E-state index contributed by atoms with van der Waals surface area (Å²) in [5, 5.41) is 13.6. The molecule has 6 heteroatoms. The molecule has 0 saturated carbocycles. The van der Waals surface area contributed by atoms with Gasteiger partial charge in [0.25, 0.3) is 0 Å². The Kier molecular flexibility index (Phi) is 4.16. The van der Waals surface area contributed by atoms with Crippen LogP contribution in [0.5, 0.6) is 0 Å². The molecule has 1 heterocycles. The van der Waals surface area contributed by atoms with Gasteiger partial charge >= 0.3 is 5.69 Å². The standard InChI is InChI=1S/C10H16N4O2/c1-4-9(7(2)3)13-10-11-5-8(6-12-10)14(15)16/h5-7,9H,4H2,1-3H3,(H,11,12,13). The van der Waals surface area contributed by atoms with Gasteiger partial charge in [0.15, 0.2) is 0 Å². The summed E-state index contributed by atoms with van der Waals surface area (Å²) >= 11 is 0. The lowest BCUT2D eigenvalue weighted by Crippen LogP contribution is -2.25. The minimum absolute atomic E-state index is 0.0943. The second kappa shape index (κ2) is 5.39. The van der Waals surface area contributed by atoms with Crippen molar-refractivity contribution >= 4 is 11.6 Å². The van der Waals surface area contributed by atoms with Gasteiger partial charge in [0.05, 0.1) is 4.92 Å². The molecule has 6 nitrogen and oxygen atoms in total. The molecule has 0 saturated heterocycles. The van der Waals surface area contributed by atoms with E-state index in [0.717, 1.165) is 6.42 Å². The average Bonchev–Trinajstić information content (AvgIpc) is 2.26. The molecule has 0 aliphatic heterocycles. The molecular weight excluding hydrogens is 208 g/mol. The lowest BCUT2D eigenvalue weighted by Gasteiger charge is -2.20. The maximum Gasteiger partial charge on any atom is 0.305 e. The highest BCUT2D eigenvalue weighted by atomic mass is 16.6. The number of anilines is 1. The first-order chi connectivity index (χ1) is 7.54. The predicted molar refractivity (Wildman–Crippen MR) is 61.2 cm³/mol.